The SMILES string of the molecule is CN(CC(=O)NCC(=O)Nc1ccc(F)c(F)c1)CC(=O)NC1CC1. The van der Waals surface area contributed by atoms with Gasteiger partial charge in [-0.05, 0) is 32.0 Å². The second kappa shape index (κ2) is 8.52. The van der Waals surface area contributed by atoms with Gasteiger partial charge < -0.3 is 16.0 Å². The van der Waals surface area contributed by atoms with Gasteiger partial charge in [-0.3, -0.25) is 19.3 Å². The van der Waals surface area contributed by atoms with Crippen LogP contribution in [0.15, 0.2) is 18.2 Å². The summed E-state index contributed by atoms with van der Waals surface area (Å²) in [6.45, 7) is -0.276. The van der Waals surface area contributed by atoms with Crippen molar-refractivity contribution in [3.05, 3.63) is 29.8 Å². The predicted octanol–water partition coefficient (Wildman–Crippen LogP) is 0.230. The van der Waals surface area contributed by atoms with Crippen molar-refractivity contribution in [3.63, 3.8) is 0 Å². The second-order valence-electron chi connectivity index (χ2n) is 5.97. The predicted molar refractivity (Wildman–Crippen MR) is 86.7 cm³/mol. The van der Waals surface area contributed by atoms with Crippen molar-refractivity contribution >= 4 is 23.4 Å². The van der Waals surface area contributed by atoms with Crippen LogP contribution in [0.25, 0.3) is 0 Å². The van der Waals surface area contributed by atoms with Gasteiger partial charge in [0, 0.05) is 17.8 Å². The highest BCUT2D eigenvalue weighted by Crippen LogP contribution is 2.18. The molecule has 1 aliphatic rings. The van der Waals surface area contributed by atoms with Gasteiger partial charge in [-0.2, -0.15) is 0 Å². The molecule has 0 aliphatic heterocycles. The average molecular weight is 354 g/mol. The summed E-state index contributed by atoms with van der Waals surface area (Å²) >= 11 is 0. The maximum Gasteiger partial charge on any atom is 0.243 e. The van der Waals surface area contributed by atoms with Crippen molar-refractivity contribution in [2.45, 2.75) is 18.9 Å². The van der Waals surface area contributed by atoms with Crippen LogP contribution in [0, 0.1) is 11.6 Å². The summed E-state index contributed by atoms with van der Waals surface area (Å²) in [5.41, 5.74) is 0.0898. The molecule has 1 aliphatic carbocycles. The van der Waals surface area contributed by atoms with Crippen LogP contribution in [-0.4, -0.2) is 55.3 Å². The van der Waals surface area contributed by atoms with E-state index in [9.17, 15) is 23.2 Å². The number of amides is 3. The largest absolute Gasteiger partial charge is 0.352 e. The molecule has 7 nitrogen and oxygen atoms in total. The summed E-state index contributed by atoms with van der Waals surface area (Å²) in [5, 5.41) is 7.55. The molecule has 1 aromatic carbocycles. The van der Waals surface area contributed by atoms with Gasteiger partial charge in [0.05, 0.1) is 19.6 Å². The molecule has 1 aromatic rings. The van der Waals surface area contributed by atoms with Crippen LogP contribution >= 0.6 is 0 Å². The van der Waals surface area contributed by atoms with Gasteiger partial charge in [-0.25, -0.2) is 8.78 Å². The Morgan fingerprint density at radius 3 is 2.40 bits per heavy atom. The van der Waals surface area contributed by atoms with E-state index in [-0.39, 0.29) is 37.3 Å². The van der Waals surface area contributed by atoms with E-state index in [0.717, 1.165) is 25.0 Å². The fourth-order valence-electron chi connectivity index (χ4n) is 2.06. The topological polar surface area (TPSA) is 90.5 Å². The first-order valence-corrected chi connectivity index (χ1v) is 7.83. The van der Waals surface area contributed by atoms with Gasteiger partial charge in [0.25, 0.3) is 0 Å². The van der Waals surface area contributed by atoms with E-state index < -0.39 is 23.4 Å². The Hall–Kier alpha value is -2.55. The van der Waals surface area contributed by atoms with Gasteiger partial charge >= 0.3 is 0 Å². The number of carbonyl (C=O) groups excluding carboxylic acids is 3. The quantitative estimate of drug-likeness (QED) is 0.623. The molecular formula is C16H20F2N4O3. The summed E-state index contributed by atoms with van der Waals surface area (Å²) in [4.78, 5) is 36.6. The van der Waals surface area contributed by atoms with Crippen molar-refractivity contribution in [1.29, 1.82) is 0 Å². The number of hydrogen-bond acceptors (Lipinski definition) is 4. The zero-order valence-corrected chi connectivity index (χ0v) is 13.8. The Bertz CT molecular complexity index is 665. The van der Waals surface area contributed by atoms with E-state index in [4.69, 9.17) is 0 Å². The number of hydrogen-bond donors (Lipinski definition) is 3. The summed E-state index contributed by atoms with van der Waals surface area (Å²) in [7, 11) is 1.62. The molecule has 0 atom stereocenters. The molecule has 0 bridgehead atoms. The van der Waals surface area contributed by atoms with Crippen molar-refractivity contribution in [1.82, 2.24) is 15.5 Å². The highest BCUT2D eigenvalue weighted by Gasteiger charge is 2.23. The molecule has 0 aromatic heterocycles. The number of likely N-dealkylation sites (N-methyl/N-ethyl adjacent to an activating group) is 1. The Morgan fingerprint density at radius 1 is 1.08 bits per heavy atom. The molecule has 0 unspecified atom stereocenters. The lowest BCUT2D eigenvalue weighted by Crippen LogP contribution is -2.43. The van der Waals surface area contributed by atoms with Gasteiger partial charge in [0.2, 0.25) is 17.7 Å². The minimum atomic E-state index is -1.08. The number of rotatable bonds is 8. The third-order valence-corrected chi connectivity index (χ3v) is 3.42. The molecule has 0 radical (unpaired) electrons. The minimum absolute atomic E-state index is 0.0451. The van der Waals surface area contributed by atoms with E-state index >= 15 is 0 Å². The van der Waals surface area contributed by atoms with Crippen LogP contribution in [0.1, 0.15) is 12.8 Å². The van der Waals surface area contributed by atoms with Crippen LogP contribution in [0.3, 0.4) is 0 Å². The fraction of sp³-hybridized carbons (Fsp3) is 0.438. The number of halogens is 2. The Balaban J connectivity index is 1.66. The first kappa shape index (κ1) is 18.8. The molecule has 9 heteroatoms. The molecule has 25 heavy (non-hydrogen) atoms. The van der Waals surface area contributed by atoms with Gasteiger partial charge in [0.1, 0.15) is 0 Å². The molecule has 2 rings (SSSR count). The third kappa shape index (κ3) is 6.84. The molecule has 1 fully saturated rings. The van der Waals surface area contributed by atoms with Gasteiger partial charge in [-0.15, -0.1) is 0 Å². The number of anilines is 1. The maximum absolute atomic E-state index is 13.0. The Morgan fingerprint density at radius 2 is 1.76 bits per heavy atom. The van der Waals surface area contributed by atoms with Crippen LogP contribution in [0.5, 0.6) is 0 Å². The summed E-state index contributed by atoms with van der Waals surface area (Å²) in [6, 6.07) is 3.21. The standard InChI is InChI=1S/C16H20F2N4O3/c1-22(9-16(25)20-10-2-3-10)8-15(24)19-7-14(23)21-11-4-5-12(17)13(18)6-11/h4-6,10H,2-3,7-9H2,1H3,(H,19,24)(H,20,25)(H,21,23). The molecular weight excluding hydrogens is 334 g/mol. The number of carbonyl (C=O) groups is 3. The summed E-state index contributed by atoms with van der Waals surface area (Å²) in [5.74, 6) is -3.24. The smallest absolute Gasteiger partial charge is 0.243 e. The van der Waals surface area contributed by atoms with E-state index in [2.05, 4.69) is 16.0 Å². The zero-order chi connectivity index (χ0) is 18.4. The van der Waals surface area contributed by atoms with E-state index in [1.807, 2.05) is 0 Å². The number of nitrogens with one attached hydrogen (secondary N) is 3. The molecule has 0 saturated heterocycles. The highest BCUT2D eigenvalue weighted by atomic mass is 19.2. The lowest BCUT2D eigenvalue weighted by molar-refractivity contribution is -0.126. The molecule has 136 valence electrons. The normalized spacial score (nSPS) is 13.4. The molecule has 3 amide bonds. The third-order valence-electron chi connectivity index (χ3n) is 3.42. The lowest BCUT2D eigenvalue weighted by Gasteiger charge is -2.15. The van der Waals surface area contributed by atoms with Crippen LogP contribution < -0.4 is 16.0 Å². The van der Waals surface area contributed by atoms with Gasteiger partial charge in [-0.1, -0.05) is 0 Å². The first-order chi connectivity index (χ1) is 11.8. The maximum atomic E-state index is 13.0. The monoisotopic (exact) mass is 354 g/mol. The van der Waals surface area contributed by atoms with Crippen LogP contribution in [0.4, 0.5) is 14.5 Å². The molecule has 0 heterocycles. The van der Waals surface area contributed by atoms with Gasteiger partial charge in [0.15, 0.2) is 11.6 Å². The van der Waals surface area contributed by atoms with Crippen LogP contribution in [0.2, 0.25) is 0 Å². The van der Waals surface area contributed by atoms with E-state index in [1.54, 1.807) is 7.05 Å². The van der Waals surface area contributed by atoms with Crippen molar-refractivity contribution in [2.75, 3.05) is 32.0 Å². The Labute approximate surface area is 143 Å². The summed E-state index contributed by atoms with van der Waals surface area (Å²) in [6.07, 6.45) is 1.98. The number of nitrogens with zero attached hydrogens (tertiary/aromatic N) is 1. The molecule has 3 N–H and O–H groups in total. The Kier molecular flexibility index (Phi) is 6.40. The van der Waals surface area contributed by atoms with E-state index in [1.165, 1.54) is 11.0 Å². The minimum Gasteiger partial charge on any atom is -0.352 e. The van der Waals surface area contributed by atoms with Crippen molar-refractivity contribution in [2.24, 2.45) is 0 Å². The fourth-order valence-corrected chi connectivity index (χ4v) is 2.06. The zero-order valence-electron chi connectivity index (χ0n) is 13.8. The second-order valence-corrected chi connectivity index (χ2v) is 5.97. The molecule has 1 saturated carbocycles. The van der Waals surface area contributed by atoms with E-state index in [0.29, 0.717) is 0 Å². The van der Waals surface area contributed by atoms with Crippen molar-refractivity contribution < 1.29 is 23.2 Å². The number of benzene rings is 1. The highest BCUT2D eigenvalue weighted by molar-refractivity contribution is 5.94. The van der Waals surface area contributed by atoms with Crippen molar-refractivity contribution in [3.8, 4) is 0 Å². The average Bonchev–Trinajstić information content (AvgIpc) is 3.32. The lowest BCUT2D eigenvalue weighted by atomic mass is 10.3. The van der Waals surface area contributed by atoms with Crippen LogP contribution in [-0.2, 0) is 14.4 Å². The first-order valence-electron chi connectivity index (χ1n) is 7.83. The summed E-state index contributed by atoms with van der Waals surface area (Å²) < 4.78 is 25.8. The molecule has 0 spiro atoms.